The summed E-state index contributed by atoms with van der Waals surface area (Å²) in [5, 5.41) is 0. The smallest absolute Gasteiger partial charge is 0.332 e. The summed E-state index contributed by atoms with van der Waals surface area (Å²) in [4.78, 5) is 27.3. The Morgan fingerprint density at radius 1 is 1.03 bits per heavy atom. The van der Waals surface area contributed by atoms with Crippen LogP contribution in [0.25, 0.3) is 5.69 Å². The van der Waals surface area contributed by atoms with Gasteiger partial charge >= 0.3 is 5.69 Å². The number of methoxy groups -OCH3 is 1. The second kappa shape index (κ2) is 9.00. The highest BCUT2D eigenvalue weighted by molar-refractivity contribution is 7.92. The van der Waals surface area contributed by atoms with Crippen molar-refractivity contribution in [2.45, 2.75) is 26.2 Å². The standard InChI is InChI=1S/C24H25N3O5S/c1-24(2,3)20-15-19(27-21(28)12-13-25-23(27)29)14-17(22(20)32-4)9-6-16-7-10-18(11-8-16)26-33(5,30)31/h7-8,10-15,26H,1-5H3,(H,25,29). The zero-order chi connectivity index (χ0) is 24.4. The highest BCUT2D eigenvalue weighted by atomic mass is 32.2. The first-order chi connectivity index (χ1) is 15.4. The van der Waals surface area contributed by atoms with Crippen LogP contribution in [0.4, 0.5) is 5.69 Å². The Kier molecular flexibility index (Phi) is 6.51. The third kappa shape index (κ3) is 5.73. The van der Waals surface area contributed by atoms with Crippen molar-refractivity contribution in [2.24, 2.45) is 0 Å². The average molecular weight is 468 g/mol. The lowest BCUT2D eigenvalue weighted by Gasteiger charge is -2.24. The molecule has 0 radical (unpaired) electrons. The Morgan fingerprint density at radius 2 is 1.70 bits per heavy atom. The fourth-order valence-electron chi connectivity index (χ4n) is 3.26. The Balaban J connectivity index is 2.16. The first-order valence-electron chi connectivity index (χ1n) is 10.0. The van der Waals surface area contributed by atoms with E-state index >= 15 is 0 Å². The first kappa shape index (κ1) is 23.9. The van der Waals surface area contributed by atoms with E-state index in [1.807, 2.05) is 20.8 Å². The molecule has 0 amide bonds. The van der Waals surface area contributed by atoms with Gasteiger partial charge in [-0.1, -0.05) is 32.6 Å². The monoisotopic (exact) mass is 467 g/mol. The maximum atomic E-state index is 12.4. The number of ether oxygens (including phenoxy) is 1. The molecule has 0 aliphatic rings. The van der Waals surface area contributed by atoms with Crippen LogP contribution in [-0.4, -0.2) is 31.3 Å². The molecule has 1 aromatic heterocycles. The Labute approximate surface area is 192 Å². The number of nitrogens with zero attached hydrogens (tertiary/aromatic N) is 1. The Hall–Kier alpha value is -3.77. The maximum Gasteiger partial charge on any atom is 0.332 e. The van der Waals surface area contributed by atoms with Crippen molar-refractivity contribution in [1.29, 1.82) is 0 Å². The van der Waals surface area contributed by atoms with E-state index in [4.69, 9.17) is 4.74 Å². The molecule has 172 valence electrons. The average Bonchev–Trinajstić information content (AvgIpc) is 2.71. The van der Waals surface area contributed by atoms with Crippen molar-refractivity contribution in [3.8, 4) is 23.3 Å². The second-order valence-corrected chi connectivity index (χ2v) is 10.2. The van der Waals surface area contributed by atoms with Gasteiger partial charge in [0, 0.05) is 29.1 Å². The minimum Gasteiger partial charge on any atom is -0.495 e. The van der Waals surface area contributed by atoms with Gasteiger partial charge in [-0.2, -0.15) is 0 Å². The molecule has 0 fully saturated rings. The summed E-state index contributed by atoms with van der Waals surface area (Å²) in [6.45, 7) is 5.99. The lowest BCUT2D eigenvalue weighted by atomic mass is 9.84. The van der Waals surface area contributed by atoms with Crippen LogP contribution in [0.5, 0.6) is 5.75 Å². The van der Waals surface area contributed by atoms with E-state index in [1.165, 1.54) is 12.3 Å². The molecular formula is C24H25N3O5S. The summed E-state index contributed by atoms with van der Waals surface area (Å²) in [6, 6.07) is 11.3. The fourth-order valence-corrected chi connectivity index (χ4v) is 3.82. The van der Waals surface area contributed by atoms with Crippen LogP contribution in [0.2, 0.25) is 0 Å². The molecule has 0 atom stereocenters. The minimum atomic E-state index is -3.37. The number of aromatic amines is 1. The molecule has 0 spiro atoms. The summed E-state index contributed by atoms with van der Waals surface area (Å²) in [6.07, 6.45) is 2.38. The summed E-state index contributed by atoms with van der Waals surface area (Å²) < 4.78 is 31.9. The zero-order valence-electron chi connectivity index (χ0n) is 19.0. The number of benzene rings is 2. The highest BCUT2D eigenvalue weighted by Gasteiger charge is 2.23. The lowest BCUT2D eigenvalue weighted by Crippen LogP contribution is -2.32. The van der Waals surface area contributed by atoms with Gasteiger partial charge in [0.1, 0.15) is 5.75 Å². The topological polar surface area (TPSA) is 110 Å². The number of H-pyrrole nitrogens is 1. The molecule has 2 N–H and O–H groups in total. The molecule has 3 rings (SSSR count). The number of sulfonamides is 1. The molecule has 8 nitrogen and oxygen atoms in total. The largest absolute Gasteiger partial charge is 0.495 e. The van der Waals surface area contributed by atoms with E-state index < -0.39 is 21.3 Å². The van der Waals surface area contributed by atoms with Crippen LogP contribution in [0.1, 0.15) is 37.5 Å². The van der Waals surface area contributed by atoms with E-state index in [-0.39, 0.29) is 5.41 Å². The zero-order valence-corrected chi connectivity index (χ0v) is 19.8. The first-order valence-corrected chi connectivity index (χ1v) is 11.9. The molecule has 0 aliphatic carbocycles. The van der Waals surface area contributed by atoms with Gasteiger partial charge in [0.2, 0.25) is 10.0 Å². The SMILES string of the molecule is COc1c(C#Cc2ccc(NS(C)(=O)=O)cc2)cc(-n2c(=O)cc[nH]c2=O)cc1C(C)(C)C. The molecule has 3 aromatic rings. The lowest BCUT2D eigenvalue weighted by molar-refractivity contribution is 0.396. The van der Waals surface area contributed by atoms with Crippen LogP contribution >= 0.6 is 0 Å². The molecule has 0 bridgehead atoms. The van der Waals surface area contributed by atoms with Crippen LogP contribution in [0, 0.1) is 11.8 Å². The number of anilines is 1. The van der Waals surface area contributed by atoms with Crippen molar-refractivity contribution in [2.75, 3.05) is 18.1 Å². The predicted molar refractivity (Wildman–Crippen MR) is 129 cm³/mol. The fraction of sp³-hybridized carbons (Fsp3) is 0.250. The molecule has 33 heavy (non-hydrogen) atoms. The number of aromatic nitrogens is 2. The molecular weight excluding hydrogens is 442 g/mol. The van der Waals surface area contributed by atoms with Gasteiger partial charge < -0.3 is 9.72 Å². The molecule has 2 aromatic carbocycles. The minimum absolute atomic E-state index is 0.359. The molecule has 1 heterocycles. The third-order valence-electron chi connectivity index (χ3n) is 4.73. The second-order valence-electron chi connectivity index (χ2n) is 8.48. The van der Waals surface area contributed by atoms with Crippen molar-refractivity contribution in [3.63, 3.8) is 0 Å². The summed E-state index contributed by atoms with van der Waals surface area (Å²) in [7, 11) is -1.83. The Bertz CT molecular complexity index is 1440. The van der Waals surface area contributed by atoms with Crippen LogP contribution in [-0.2, 0) is 15.4 Å². The van der Waals surface area contributed by atoms with Gasteiger partial charge in [-0.3, -0.25) is 9.52 Å². The van der Waals surface area contributed by atoms with Crippen molar-refractivity contribution in [3.05, 3.63) is 86.2 Å². The van der Waals surface area contributed by atoms with E-state index in [0.29, 0.717) is 28.3 Å². The molecule has 9 heteroatoms. The van der Waals surface area contributed by atoms with Crippen LogP contribution in [0.15, 0.2) is 58.3 Å². The van der Waals surface area contributed by atoms with Crippen molar-refractivity contribution in [1.82, 2.24) is 9.55 Å². The molecule has 0 saturated heterocycles. The van der Waals surface area contributed by atoms with Gasteiger partial charge in [-0.25, -0.2) is 17.8 Å². The predicted octanol–water partition coefficient (Wildman–Crippen LogP) is 2.60. The molecule has 0 aliphatic heterocycles. The number of nitrogens with one attached hydrogen (secondary N) is 2. The van der Waals surface area contributed by atoms with Crippen molar-refractivity contribution < 1.29 is 13.2 Å². The van der Waals surface area contributed by atoms with Gasteiger partial charge in [-0.15, -0.1) is 0 Å². The number of rotatable bonds is 4. The van der Waals surface area contributed by atoms with E-state index in [9.17, 15) is 18.0 Å². The number of hydrogen-bond donors (Lipinski definition) is 2. The highest BCUT2D eigenvalue weighted by Crippen LogP contribution is 2.35. The molecule has 0 saturated carbocycles. The summed E-state index contributed by atoms with van der Waals surface area (Å²) in [5.74, 6) is 6.65. The van der Waals surface area contributed by atoms with E-state index in [1.54, 1.807) is 43.5 Å². The summed E-state index contributed by atoms with van der Waals surface area (Å²) >= 11 is 0. The van der Waals surface area contributed by atoms with Crippen LogP contribution in [0.3, 0.4) is 0 Å². The van der Waals surface area contributed by atoms with Crippen molar-refractivity contribution >= 4 is 15.7 Å². The normalized spacial score (nSPS) is 11.4. The van der Waals surface area contributed by atoms with Gasteiger partial charge in [-0.05, 0) is 41.8 Å². The van der Waals surface area contributed by atoms with E-state index in [2.05, 4.69) is 21.5 Å². The maximum absolute atomic E-state index is 12.4. The van der Waals surface area contributed by atoms with Crippen LogP contribution < -0.4 is 20.7 Å². The Morgan fingerprint density at radius 3 is 2.24 bits per heavy atom. The van der Waals surface area contributed by atoms with Gasteiger partial charge in [0.05, 0.1) is 24.6 Å². The summed E-state index contributed by atoms with van der Waals surface area (Å²) in [5.41, 5.74) is 1.38. The van der Waals surface area contributed by atoms with Gasteiger partial charge in [0.25, 0.3) is 5.56 Å². The van der Waals surface area contributed by atoms with Gasteiger partial charge in [0.15, 0.2) is 0 Å². The quantitative estimate of drug-likeness (QED) is 0.573. The molecule has 0 unspecified atom stereocenters. The number of hydrogen-bond acceptors (Lipinski definition) is 5. The third-order valence-corrected chi connectivity index (χ3v) is 5.34. The van der Waals surface area contributed by atoms with E-state index in [0.717, 1.165) is 16.4 Å².